The van der Waals surface area contributed by atoms with Crippen LogP contribution in [0.3, 0.4) is 0 Å². The first-order valence-corrected chi connectivity index (χ1v) is 8.70. The molecule has 3 atom stereocenters. The van der Waals surface area contributed by atoms with Crippen molar-refractivity contribution in [1.29, 1.82) is 0 Å². The summed E-state index contributed by atoms with van der Waals surface area (Å²) in [6.07, 6.45) is 5.39. The van der Waals surface area contributed by atoms with E-state index in [1.165, 1.54) is 6.20 Å². The minimum Gasteiger partial charge on any atom is -0.339 e. The first-order chi connectivity index (χ1) is 11.1. The van der Waals surface area contributed by atoms with E-state index in [-0.39, 0.29) is 5.91 Å². The Labute approximate surface area is 140 Å². The smallest absolute Gasteiger partial charge is 0.272 e. The van der Waals surface area contributed by atoms with Gasteiger partial charge in [0.15, 0.2) is 0 Å². The second-order valence-corrected chi connectivity index (χ2v) is 7.38. The van der Waals surface area contributed by atoms with Gasteiger partial charge in [-0.05, 0) is 43.2 Å². The van der Waals surface area contributed by atoms with E-state index in [9.17, 15) is 9.59 Å². The summed E-state index contributed by atoms with van der Waals surface area (Å²) in [5.74, 6) is 1.08. The van der Waals surface area contributed by atoms with Gasteiger partial charge in [-0.3, -0.25) is 9.59 Å². The van der Waals surface area contributed by atoms with Crippen molar-refractivity contribution in [1.82, 2.24) is 14.8 Å². The predicted octanol–water partition coefficient (Wildman–Crippen LogP) is 2.21. The molecule has 0 saturated carbocycles. The molecule has 3 fully saturated rings. The first kappa shape index (κ1) is 14.9. The molecule has 122 valence electrons. The molecule has 5 nitrogen and oxygen atoms in total. The van der Waals surface area contributed by atoms with E-state index in [0.29, 0.717) is 40.9 Å². The van der Waals surface area contributed by atoms with Gasteiger partial charge in [0.25, 0.3) is 5.91 Å². The highest BCUT2D eigenvalue weighted by Gasteiger charge is 2.44. The summed E-state index contributed by atoms with van der Waals surface area (Å²) in [5, 5.41) is 0.536. The normalized spacial score (nSPS) is 30.1. The molecule has 3 aliphatic heterocycles. The fourth-order valence-electron chi connectivity index (χ4n) is 4.44. The maximum atomic E-state index is 12.7. The number of hydrogen-bond acceptors (Lipinski definition) is 3. The van der Waals surface area contributed by atoms with Gasteiger partial charge in [0, 0.05) is 38.3 Å². The molecule has 0 aliphatic carbocycles. The van der Waals surface area contributed by atoms with Gasteiger partial charge >= 0.3 is 0 Å². The van der Waals surface area contributed by atoms with Gasteiger partial charge in [-0.2, -0.15) is 0 Å². The minimum absolute atomic E-state index is 0.0213. The average molecular weight is 334 g/mol. The zero-order valence-electron chi connectivity index (χ0n) is 12.9. The van der Waals surface area contributed by atoms with Crippen molar-refractivity contribution < 1.29 is 9.59 Å². The molecular weight excluding hydrogens is 314 g/mol. The number of hydrogen-bond donors (Lipinski definition) is 0. The quantitative estimate of drug-likeness (QED) is 0.791. The molecule has 3 aliphatic rings. The summed E-state index contributed by atoms with van der Waals surface area (Å²) in [6, 6.07) is 3.71. The summed E-state index contributed by atoms with van der Waals surface area (Å²) in [6.45, 7) is 2.25. The Morgan fingerprint density at radius 3 is 2.91 bits per heavy atom. The van der Waals surface area contributed by atoms with Crippen LogP contribution < -0.4 is 0 Å². The number of fused-ring (bicyclic) bond motifs is 4. The van der Waals surface area contributed by atoms with Crippen LogP contribution in [0, 0.1) is 11.8 Å². The van der Waals surface area contributed by atoms with E-state index < -0.39 is 0 Å². The lowest BCUT2D eigenvalue weighted by molar-refractivity contribution is -0.144. The molecule has 23 heavy (non-hydrogen) atoms. The Morgan fingerprint density at radius 1 is 1.26 bits per heavy atom. The predicted molar refractivity (Wildman–Crippen MR) is 86.1 cm³/mol. The second kappa shape index (κ2) is 5.78. The molecule has 3 saturated heterocycles. The van der Waals surface area contributed by atoms with E-state index in [2.05, 4.69) is 9.88 Å². The summed E-state index contributed by atoms with van der Waals surface area (Å²) < 4.78 is 0. The molecule has 0 unspecified atom stereocenters. The Morgan fingerprint density at radius 2 is 2.13 bits per heavy atom. The SMILES string of the molecule is O=C(c1ccc(Cl)cn1)N1C[C@H]2C[C@H](C1)[C@@H]1CCCC(=O)N1C2. The van der Waals surface area contributed by atoms with Crippen LogP contribution in [0.4, 0.5) is 0 Å². The molecule has 4 rings (SSSR count). The van der Waals surface area contributed by atoms with Crippen LogP contribution >= 0.6 is 11.6 Å². The summed E-state index contributed by atoms with van der Waals surface area (Å²) in [7, 11) is 0. The molecule has 1 aromatic rings. The van der Waals surface area contributed by atoms with Gasteiger partial charge in [0.2, 0.25) is 5.91 Å². The lowest BCUT2D eigenvalue weighted by atomic mass is 9.76. The number of amides is 2. The van der Waals surface area contributed by atoms with E-state index >= 15 is 0 Å². The number of carbonyl (C=O) groups is 2. The van der Waals surface area contributed by atoms with Crippen molar-refractivity contribution in [3.63, 3.8) is 0 Å². The molecule has 0 radical (unpaired) electrons. The summed E-state index contributed by atoms with van der Waals surface area (Å²) in [5.41, 5.74) is 0.450. The van der Waals surface area contributed by atoms with Crippen molar-refractivity contribution >= 4 is 23.4 Å². The van der Waals surface area contributed by atoms with E-state index in [4.69, 9.17) is 11.6 Å². The third-order valence-electron chi connectivity index (χ3n) is 5.41. The van der Waals surface area contributed by atoms with Gasteiger partial charge in [-0.15, -0.1) is 0 Å². The number of rotatable bonds is 1. The van der Waals surface area contributed by atoms with Gasteiger partial charge < -0.3 is 9.80 Å². The molecule has 2 bridgehead atoms. The van der Waals surface area contributed by atoms with Crippen molar-refractivity contribution in [2.75, 3.05) is 19.6 Å². The highest BCUT2D eigenvalue weighted by molar-refractivity contribution is 6.30. The number of aromatic nitrogens is 1. The molecule has 1 aromatic heterocycles. The van der Waals surface area contributed by atoms with Crippen molar-refractivity contribution in [2.24, 2.45) is 11.8 Å². The molecule has 4 heterocycles. The molecule has 6 heteroatoms. The fraction of sp³-hybridized carbons (Fsp3) is 0.588. The summed E-state index contributed by atoms with van der Waals surface area (Å²) in [4.78, 5) is 33.0. The molecule has 0 spiro atoms. The van der Waals surface area contributed by atoms with Crippen LogP contribution in [0.5, 0.6) is 0 Å². The summed E-state index contributed by atoms with van der Waals surface area (Å²) >= 11 is 5.85. The van der Waals surface area contributed by atoms with Crippen LogP contribution in [-0.4, -0.2) is 52.3 Å². The Bertz CT molecular complexity index is 633. The van der Waals surface area contributed by atoms with Gasteiger partial charge in [0.1, 0.15) is 5.69 Å². The Kier molecular flexibility index (Phi) is 3.76. The topological polar surface area (TPSA) is 53.5 Å². The van der Waals surface area contributed by atoms with Crippen molar-refractivity contribution in [2.45, 2.75) is 31.7 Å². The van der Waals surface area contributed by atoms with Crippen LogP contribution in [-0.2, 0) is 4.79 Å². The number of halogens is 1. The molecule has 0 N–H and O–H groups in total. The standard InChI is InChI=1S/C17H20ClN3O2/c18-13-4-5-14(19-7-13)17(23)20-8-11-6-12(10-20)15-2-1-3-16(22)21(15)9-11/h4-5,7,11-12,15H,1-3,6,8-10H2/t11-,12-,15+/m1/s1. The monoisotopic (exact) mass is 333 g/mol. The Balaban J connectivity index is 1.52. The first-order valence-electron chi connectivity index (χ1n) is 8.32. The zero-order valence-corrected chi connectivity index (χ0v) is 13.7. The third-order valence-corrected chi connectivity index (χ3v) is 5.64. The van der Waals surface area contributed by atoms with Crippen LogP contribution in [0.1, 0.15) is 36.2 Å². The number of nitrogens with zero attached hydrogens (tertiary/aromatic N) is 3. The highest BCUT2D eigenvalue weighted by atomic mass is 35.5. The van der Waals surface area contributed by atoms with E-state index in [0.717, 1.165) is 38.9 Å². The van der Waals surface area contributed by atoms with E-state index in [1.54, 1.807) is 12.1 Å². The largest absolute Gasteiger partial charge is 0.339 e. The average Bonchev–Trinajstić information content (AvgIpc) is 2.56. The molecule has 0 aromatic carbocycles. The maximum absolute atomic E-state index is 12.7. The lowest BCUT2D eigenvalue weighted by Gasteiger charge is -2.52. The van der Waals surface area contributed by atoms with Gasteiger partial charge in [-0.25, -0.2) is 4.98 Å². The third kappa shape index (κ3) is 2.71. The molecular formula is C17H20ClN3O2. The zero-order chi connectivity index (χ0) is 16.0. The number of pyridine rings is 1. The second-order valence-electron chi connectivity index (χ2n) is 6.94. The Hall–Kier alpha value is -1.62. The highest BCUT2D eigenvalue weighted by Crippen LogP contribution is 2.38. The number of piperidine rings is 3. The van der Waals surface area contributed by atoms with Gasteiger partial charge in [-0.1, -0.05) is 11.6 Å². The lowest BCUT2D eigenvalue weighted by Crippen LogP contribution is -2.61. The number of likely N-dealkylation sites (tertiary alicyclic amines) is 1. The molecule has 2 amide bonds. The number of carbonyl (C=O) groups excluding carboxylic acids is 2. The maximum Gasteiger partial charge on any atom is 0.272 e. The van der Waals surface area contributed by atoms with Crippen LogP contribution in [0.25, 0.3) is 0 Å². The van der Waals surface area contributed by atoms with Crippen molar-refractivity contribution in [3.8, 4) is 0 Å². The van der Waals surface area contributed by atoms with Crippen LogP contribution in [0.15, 0.2) is 18.3 Å². The van der Waals surface area contributed by atoms with Crippen LogP contribution in [0.2, 0.25) is 5.02 Å². The minimum atomic E-state index is -0.0213. The van der Waals surface area contributed by atoms with Crippen molar-refractivity contribution in [3.05, 3.63) is 29.0 Å². The van der Waals surface area contributed by atoms with E-state index in [1.807, 2.05) is 4.90 Å². The fourth-order valence-corrected chi connectivity index (χ4v) is 4.55. The van der Waals surface area contributed by atoms with Gasteiger partial charge in [0.05, 0.1) is 5.02 Å².